The highest BCUT2D eigenvalue weighted by Gasteiger charge is 2.42. The number of nitrogens with two attached hydrogens (primary N) is 2. The Morgan fingerprint density at radius 1 is 0.639 bits per heavy atom. The smallest absolute Gasteiger partial charge is 0.245 e. The second-order valence-corrected chi connectivity index (χ2v) is 34.7. The number of rotatable bonds is 29. The number of para-hydroxylation sites is 1. The van der Waals surface area contributed by atoms with E-state index in [0.29, 0.717) is 51.7 Å². The highest BCUT2D eigenvalue weighted by molar-refractivity contribution is 7.88. The Kier molecular flexibility index (Phi) is 32.8. The molecule has 30 nitrogen and oxygen atoms in total. The van der Waals surface area contributed by atoms with Gasteiger partial charge in [0.1, 0.15) is 47.8 Å². The zero-order valence-electron chi connectivity index (χ0n) is 69.3. The van der Waals surface area contributed by atoms with Gasteiger partial charge in [0.25, 0.3) is 0 Å². The predicted molar refractivity (Wildman–Crippen MR) is 464 cm³/mol. The van der Waals surface area contributed by atoms with Crippen LogP contribution in [0.4, 0.5) is 4.39 Å². The molecule has 122 heavy (non-hydrogen) atoms. The number of phenolic OH excluding ortho intramolecular Hbond substituents is 1. The molecule has 0 bridgehead atoms. The van der Waals surface area contributed by atoms with E-state index < -0.39 is 129 Å². The number of carbonyl (C=O) groups is 9. The number of fused-ring (bicyclic) bond motifs is 3. The van der Waals surface area contributed by atoms with E-state index >= 15 is 24.0 Å². The van der Waals surface area contributed by atoms with Gasteiger partial charge in [-0.2, -0.15) is 0 Å². The standard InChI is InChI=1S/C90H116FN17O13S/c1-55(109)82-89(119)102-74(45-59-31-35-63(91)36-32-59)79(111)30-12-6-11-26-71(98-52-64(43-58-33-37-65(110)38-34-58)99-80(112)39-42-108(122(3,120)121)54-60-44-68-67-24-17-28-70-81(67)62(51-97-70)49-78(68)107(2)53-60)83(113)100-73(29-18-41-95-90(93)94)84(114)103-75(46-56-19-7-4-8-20-56)86(116)104-76(47-57-21-9-5-10-22-57)87(117)105-77(48-61-50-96-69-25-14-13-23-66(61)69)88(118)101-72(85(115)106-82)27-15-16-40-92/h4-5,7-10,13-14,17,19-25,28,31-38,50-51,55,60,64,68,71-78,82,96-98,109-110H,6,11-12,15-16,18,26-27,29-30,39-49,52-54,92H2,1-3H3,(H,99,112)(H,100,113)(H,101,118)(H,102,119)(H,103,114)(H,104,116)(H,105,117)(H,106,115)(H4,93,94,95)/t55-,60-,64+,68-,71-,72+,73+,74+,75+,76+,77-,78-,82+/m1/s1. The van der Waals surface area contributed by atoms with Gasteiger partial charge in [-0.15, -0.1) is 0 Å². The first-order valence-electron chi connectivity index (χ1n) is 42.2. The molecular weight excluding hydrogens is 1580 g/mol. The summed E-state index contributed by atoms with van der Waals surface area (Å²) in [6.07, 6.45) is 5.45. The van der Waals surface area contributed by atoms with Crippen molar-refractivity contribution < 1.29 is 66.2 Å². The zero-order valence-corrected chi connectivity index (χ0v) is 70.1. The summed E-state index contributed by atoms with van der Waals surface area (Å²) in [6, 6.07) is 30.6. The lowest BCUT2D eigenvalue weighted by molar-refractivity contribution is -0.136. The number of sulfonamides is 1. The topological polar surface area (TPSA) is 462 Å². The fourth-order valence-corrected chi connectivity index (χ4v) is 17.8. The number of aliphatic hydroxyl groups is 1. The summed E-state index contributed by atoms with van der Waals surface area (Å²) in [5.41, 5.74) is 18.8. The van der Waals surface area contributed by atoms with E-state index in [2.05, 4.69) is 93.4 Å². The number of nitrogens with one attached hydrogen (secondary N) is 13. The van der Waals surface area contributed by atoms with Gasteiger partial charge in [-0.25, -0.2) is 17.1 Å². The molecule has 0 saturated carbocycles. The first-order valence-corrected chi connectivity index (χ1v) is 44.0. The SMILES string of the molecule is C[C@@H](O)[C@@H]1NC(=O)[C@H](CCCCN)NC(=O)[C@@H](Cc2c[nH]c3ccccc23)NC(=O)[C@H](Cc2ccccc2)NC(=O)[C@H](Cc2ccccc2)NC(=O)[C@H](CCCNC(=N)N)NC(=O)[C@H](NC[C@H](Cc2ccc(O)cc2)NC(=O)CCN(C[C@@H]2C[C@@H]3c4cccc5[nH]cc(c45)C[C@H]3N(C)C2)S(C)(=O)=O)CCCCCC(=O)[C@H](Cc2ccc(F)cc2)NC1=O. The second kappa shape index (κ2) is 43.9. The summed E-state index contributed by atoms with van der Waals surface area (Å²) in [4.78, 5) is 145. The molecule has 19 N–H and O–H groups in total. The molecule has 11 rings (SSSR count). The number of likely N-dealkylation sites (tertiary alicyclic amines) is 1. The Bertz CT molecular complexity index is 5020. The largest absolute Gasteiger partial charge is 0.508 e. The van der Waals surface area contributed by atoms with Crippen LogP contribution in [-0.2, 0) is 91.7 Å². The van der Waals surface area contributed by atoms with Crippen LogP contribution in [0.2, 0.25) is 0 Å². The first kappa shape index (κ1) is 91.3. The van der Waals surface area contributed by atoms with Crippen LogP contribution in [0.3, 0.4) is 0 Å². The van der Waals surface area contributed by atoms with Crippen LogP contribution in [0.5, 0.6) is 5.75 Å². The molecule has 8 amide bonds. The average molecular weight is 1700 g/mol. The van der Waals surface area contributed by atoms with Gasteiger partial charge < -0.3 is 89.7 Å². The van der Waals surface area contributed by atoms with Crippen molar-refractivity contribution in [2.45, 2.75) is 195 Å². The minimum absolute atomic E-state index is 0.0143. The Balaban J connectivity index is 0.912. The van der Waals surface area contributed by atoms with Crippen LogP contribution in [0.15, 0.2) is 164 Å². The number of H-pyrrole nitrogens is 2. The number of ketones is 1. The number of carbonyl (C=O) groups excluding carboxylic acids is 9. The molecule has 13 atom stereocenters. The lowest BCUT2D eigenvalue weighted by Crippen LogP contribution is -2.62. The van der Waals surface area contributed by atoms with Crippen LogP contribution >= 0.6 is 0 Å². The molecule has 652 valence electrons. The van der Waals surface area contributed by atoms with Crippen molar-refractivity contribution in [3.63, 3.8) is 0 Å². The van der Waals surface area contributed by atoms with E-state index in [1.54, 1.807) is 85.1 Å². The van der Waals surface area contributed by atoms with Crippen molar-refractivity contribution >= 4 is 90.8 Å². The molecular formula is C90H116FN17O13S. The van der Waals surface area contributed by atoms with Gasteiger partial charge >= 0.3 is 0 Å². The molecule has 2 aromatic heterocycles. The summed E-state index contributed by atoms with van der Waals surface area (Å²) < 4.78 is 43.4. The van der Waals surface area contributed by atoms with Crippen LogP contribution in [0.1, 0.15) is 129 Å². The van der Waals surface area contributed by atoms with Gasteiger partial charge in [-0.05, 0) is 172 Å². The van der Waals surface area contributed by atoms with Crippen molar-refractivity contribution in [1.82, 2.24) is 72.3 Å². The summed E-state index contributed by atoms with van der Waals surface area (Å²) in [5.74, 6) is -7.77. The third-order valence-electron chi connectivity index (χ3n) is 23.3. The third-order valence-corrected chi connectivity index (χ3v) is 24.6. The number of nitrogens with zero attached hydrogens (tertiary/aromatic N) is 2. The lowest BCUT2D eigenvalue weighted by Gasteiger charge is -2.46. The second-order valence-electron chi connectivity index (χ2n) is 32.7. The van der Waals surface area contributed by atoms with Gasteiger partial charge in [0, 0.05) is 117 Å². The molecule has 2 fully saturated rings. The number of aromatic amines is 2. The van der Waals surface area contributed by atoms with Crippen molar-refractivity contribution in [3.8, 4) is 5.75 Å². The number of aromatic nitrogens is 2. The van der Waals surface area contributed by atoms with Gasteiger partial charge in [-0.1, -0.05) is 128 Å². The molecule has 0 unspecified atom stereocenters. The number of Topliss-reactive ketones (excluding diaryl/α,β-unsaturated/α-hetero) is 1. The van der Waals surface area contributed by atoms with Crippen LogP contribution in [0.25, 0.3) is 21.8 Å². The summed E-state index contributed by atoms with van der Waals surface area (Å²) >= 11 is 0. The normalized spacial score (nSPS) is 22.8. The van der Waals surface area contributed by atoms with Crippen molar-refractivity contribution in [1.29, 1.82) is 5.41 Å². The van der Waals surface area contributed by atoms with E-state index in [0.717, 1.165) is 24.6 Å². The number of guanidine groups is 1. The van der Waals surface area contributed by atoms with E-state index in [4.69, 9.17) is 16.9 Å². The number of aromatic hydroxyl groups is 1. The van der Waals surface area contributed by atoms with Gasteiger partial charge in [0.05, 0.1) is 24.4 Å². The van der Waals surface area contributed by atoms with Crippen molar-refractivity contribution in [3.05, 3.63) is 209 Å². The maximum absolute atomic E-state index is 15.5. The molecule has 0 spiro atoms. The maximum atomic E-state index is 15.5. The number of piperidine rings is 1. The number of benzene rings is 6. The number of phenols is 1. The third kappa shape index (κ3) is 26.1. The van der Waals surface area contributed by atoms with E-state index in [1.807, 2.05) is 24.3 Å². The number of amides is 8. The van der Waals surface area contributed by atoms with Gasteiger partial charge in [-0.3, -0.25) is 48.6 Å². The van der Waals surface area contributed by atoms with E-state index in [1.165, 1.54) is 64.1 Å². The number of hydrogen-bond acceptors (Lipinski definition) is 17. The number of halogens is 1. The van der Waals surface area contributed by atoms with Gasteiger partial charge in [0.2, 0.25) is 57.3 Å². The van der Waals surface area contributed by atoms with Gasteiger partial charge in [0.15, 0.2) is 11.7 Å². The number of aliphatic hydroxyl groups excluding tert-OH is 1. The lowest BCUT2D eigenvalue weighted by atomic mass is 9.72. The van der Waals surface area contributed by atoms with Crippen LogP contribution in [0, 0.1) is 17.1 Å². The number of hydrogen-bond donors (Lipinski definition) is 17. The molecule has 32 heteroatoms. The quantitative estimate of drug-likeness (QED) is 0.0175. The number of likely N-dealkylation sites (N-methyl/N-ethyl adjacent to an activating group) is 1. The summed E-state index contributed by atoms with van der Waals surface area (Å²) in [7, 11) is -1.79. The first-order chi connectivity index (χ1) is 58.6. The highest BCUT2D eigenvalue weighted by Crippen LogP contribution is 2.45. The summed E-state index contributed by atoms with van der Waals surface area (Å²) in [6.45, 7) is 2.11. The molecule has 2 aliphatic heterocycles. The molecule has 6 aromatic carbocycles. The maximum Gasteiger partial charge on any atom is 0.245 e. The fourth-order valence-electron chi connectivity index (χ4n) is 16.9. The van der Waals surface area contributed by atoms with Crippen LogP contribution in [-0.4, -0.2) is 216 Å². The Labute approximate surface area is 710 Å². The fraction of sp³-hybridized carbons (Fsp3) is 0.444. The van der Waals surface area contributed by atoms with Crippen molar-refractivity contribution in [2.75, 3.05) is 52.6 Å². The molecule has 2 saturated heterocycles. The summed E-state index contributed by atoms with van der Waals surface area (Å²) in [5, 5.41) is 60.7. The Morgan fingerprint density at radius 3 is 1.85 bits per heavy atom. The molecule has 4 heterocycles. The monoisotopic (exact) mass is 1690 g/mol. The zero-order chi connectivity index (χ0) is 87.0. The molecule has 3 aliphatic rings. The Hall–Kier alpha value is -11.4. The Morgan fingerprint density at radius 2 is 1.20 bits per heavy atom. The molecule has 8 aromatic rings. The molecule has 1 aliphatic carbocycles. The minimum atomic E-state index is -3.86. The minimum Gasteiger partial charge on any atom is -0.508 e. The van der Waals surface area contributed by atoms with Crippen molar-refractivity contribution in [2.24, 2.45) is 17.4 Å². The van der Waals surface area contributed by atoms with E-state index in [-0.39, 0.29) is 159 Å². The van der Waals surface area contributed by atoms with Crippen LogP contribution < -0.4 is 64.6 Å². The number of unbranched alkanes of at least 4 members (excludes halogenated alkanes) is 1. The van der Waals surface area contributed by atoms with E-state index in [9.17, 15) is 42.2 Å². The average Bonchev–Trinajstić information content (AvgIpc) is 1.53. The molecule has 0 radical (unpaired) electrons. The predicted octanol–water partition coefficient (Wildman–Crippen LogP) is 4.46. The highest BCUT2D eigenvalue weighted by atomic mass is 32.2.